The minimum atomic E-state index is 0.721. The zero-order chi connectivity index (χ0) is 6.24. The van der Waals surface area contributed by atoms with Gasteiger partial charge < -0.3 is 4.74 Å². The summed E-state index contributed by atoms with van der Waals surface area (Å²) >= 11 is 3.14. The molecule has 0 heterocycles. The fraction of sp³-hybridized carbons (Fsp3) is 0.667. The van der Waals surface area contributed by atoms with Gasteiger partial charge in [0.05, 0.1) is 6.61 Å². The summed E-state index contributed by atoms with van der Waals surface area (Å²) in [6.45, 7) is 3.67. The van der Waals surface area contributed by atoms with Gasteiger partial charge in [0, 0.05) is 6.61 Å². The Morgan fingerprint density at radius 3 is 2.88 bits per heavy atom. The first-order valence-corrected chi connectivity index (χ1v) is 3.66. The van der Waals surface area contributed by atoms with Crippen LogP contribution in [0, 0.1) is 0 Å². The molecule has 0 aliphatic heterocycles. The maximum absolute atomic E-state index is 5.11. The molecular weight excluding hydrogens is 168 g/mol. The summed E-state index contributed by atoms with van der Waals surface area (Å²) in [6.07, 6.45) is 3.02. The van der Waals surface area contributed by atoms with E-state index in [1.54, 1.807) is 0 Å². The Morgan fingerprint density at radius 2 is 2.38 bits per heavy atom. The molecule has 0 bridgehead atoms. The third kappa shape index (κ3) is 6.18. The summed E-state index contributed by atoms with van der Waals surface area (Å²) < 4.78 is 5.11. The number of rotatable bonds is 4. The molecule has 0 saturated carbocycles. The van der Waals surface area contributed by atoms with Crippen molar-refractivity contribution >= 4 is 15.9 Å². The number of hydrogen-bond donors (Lipinski definition) is 0. The summed E-state index contributed by atoms with van der Waals surface area (Å²) in [6, 6.07) is 0. The normalized spacial score (nSPS) is 10.8. The Kier molecular flexibility index (Phi) is 7.34. The Labute approximate surface area is 58.9 Å². The van der Waals surface area contributed by atoms with Crippen LogP contribution >= 0.6 is 15.9 Å². The van der Waals surface area contributed by atoms with Crippen molar-refractivity contribution in [3.63, 3.8) is 0 Å². The first-order chi connectivity index (χ1) is 3.91. The molecule has 0 amide bonds. The lowest BCUT2D eigenvalue weighted by molar-refractivity contribution is 0.163. The van der Waals surface area contributed by atoms with Crippen molar-refractivity contribution in [3.8, 4) is 0 Å². The first-order valence-electron chi connectivity index (χ1n) is 2.74. The third-order valence-electron chi connectivity index (χ3n) is 0.652. The maximum Gasteiger partial charge on any atom is 0.0655 e. The summed E-state index contributed by atoms with van der Waals surface area (Å²) in [7, 11) is 0. The highest BCUT2D eigenvalue weighted by Crippen LogP contribution is 1.84. The van der Waals surface area contributed by atoms with Crippen molar-refractivity contribution in [2.75, 3.05) is 13.2 Å². The highest BCUT2D eigenvalue weighted by molar-refractivity contribution is 9.11. The van der Waals surface area contributed by atoms with Crippen LogP contribution in [-0.4, -0.2) is 13.2 Å². The van der Waals surface area contributed by atoms with E-state index in [-0.39, 0.29) is 0 Å². The molecule has 0 fully saturated rings. The molecule has 48 valence electrons. The van der Waals surface area contributed by atoms with Gasteiger partial charge in [-0.2, -0.15) is 0 Å². The van der Waals surface area contributed by atoms with Crippen molar-refractivity contribution < 1.29 is 4.74 Å². The maximum atomic E-state index is 5.11. The Hall–Kier alpha value is 0.180. The molecule has 0 aromatic rings. The van der Waals surface area contributed by atoms with E-state index in [1.807, 2.05) is 11.1 Å². The van der Waals surface area contributed by atoms with Gasteiger partial charge in [-0.25, -0.2) is 0 Å². The lowest BCUT2D eigenvalue weighted by Crippen LogP contribution is -1.90. The van der Waals surface area contributed by atoms with Crippen LogP contribution < -0.4 is 0 Å². The minimum Gasteiger partial charge on any atom is -0.377 e. The zero-order valence-electron chi connectivity index (χ0n) is 5.06. The van der Waals surface area contributed by atoms with Crippen LogP contribution in [-0.2, 0) is 4.74 Å². The lowest BCUT2D eigenvalue weighted by atomic mass is 10.5. The number of hydrogen-bond acceptors (Lipinski definition) is 1. The van der Waals surface area contributed by atoms with Crippen LogP contribution in [0.1, 0.15) is 13.3 Å². The van der Waals surface area contributed by atoms with Gasteiger partial charge in [-0.1, -0.05) is 28.9 Å². The fourth-order valence-electron chi connectivity index (χ4n) is 0.332. The second kappa shape index (κ2) is 7.18. The van der Waals surface area contributed by atoms with Crippen LogP contribution in [0.25, 0.3) is 0 Å². The third-order valence-corrected chi connectivity index (χ3v) is 1.03. The van der Waals surface area contributed by atoms with Gasteiger partial charge in [0.2, 0.25) is 0 Å². The molecule has 0 spiro atoms. The summed E-state index contributed by atoms with van der Waals surface area (Å²) in [5, 5.41) is 0. The van der Waals surface area contributed by atoms with E-state index in [2.05, 4.69) is 22.9 Å². The molecule has 0 atom stereocenters. The van der Waals surface area contributed by atoms with Crippen LogP contribution in [0.2, 0.25) is 0 Å². The standard InChI is InChI=1S/C6H11BrO/c1-2-5-8-6-3-4-7/h3-4H,2,5-6H2,1H3/b4-3+. The smallest absolute Gasteiger partial charge is 0.0655 e. The quantitative estimate of drug-likeness (QED) is 0.601. The van der Waals surface area contributed by atoms with E-state index in [0.29, 0.717) is 0 Å². The van der Waals surface area contributed by atoms with Crippen molar-refractivity contribution in [2.45, 2.75) is 13.3 Å². The van der Waals surface area contributed by atoms with E-state index >= 15 is 0 Å². The fourth-order valence-corrected chi connectivity index (χ4v) is 0.485. The first kappa shape index (κ1) is 8.18. The van der Waals surface area contributed by atoms with Gasteiger partial charge in [-0.15, -0.1) is 0 Å². The monoisotopic (exact) mass is 178 g/mol. The Balaban J connectivity index is 2.72. The SMILES string of the molecule is CCCOC/C=C/Br. The molecule has 0 aliphatic carbocycles. The highest BCUT2D eigenvalue weighted by Gasteiger charge is 1.76. The molecule has 2 heteroatoms. The van der Waals surface area contributed by atoms with E-state index in [1.165, 1.54) is 0 Å². The molecule has 0 aromatic carbocycles. The largest absolute Gasteiger partial charge is 0.377 e. The molecule has 1 nitrogen and oxygen atoms in total. The van der Waals surface area contributed by atoms with Gasteiger partial charge >= 0.3 is 0 Å². The molecule has 0 aliphatic rings. The van der Waals surface area contributed by atoms with Gasteiger partial charge in [0.1, 0.15) is 0 Å². The second-order valence-corrected chi connectivity index (χ2v) is 1.97. The topological polar surface area (TPSA) is 9.23 Å². The molecule has 0 saturated heterocycles. The van der Waals surface area contributed by atoms with Crippen LogP contribution in [0.4, 0.5) is 0 Å². The molecule has 0 aromatic heterocycles. The van der Waals surface area contributed by atoms with Gasteiger partial charge in [0.15, 0.2) is 0 Å². The van der Waals surface area contributed by atoms with E-state index in [9.17, 15) is 0 Å². The van der Waals surface area contributed by atoms with Crippen LogP contribution in [0.5, 0.6) is 0 Å². The lowest BCUT2D eigenvalue weighted by Gasteiger charge is -1.93. The molecule has 8 heavy (non-hydrogen) atoms. The predicted octanol–water partition coefficient (Wildman–Crippen LogP) is 2.32. The van der Waals surface area contributed by atoms with Gasteiger partial charge in [0.25, 0.3) is 0 Å². The van der Waals surface area contributed by atoms with Crippen molar-refractivity contribution in [2.24, 2.45) is 0 Å². The highest BCUT2D eigenvalue weighted by atomic mass is 79.9. The summed E-state index contributed by atoms with van der Waals surface area (Å²) in [5.74, 6) is 0. The molecule has 0 N–H and O–H groups in total. The predicted molar refractivity (Wildman–Crippen MR) is 39.2 cm³/mol. The summed E-state index contributed by atoms with van der Waals surface area (Å²) in [4.78, 5) is 1.81. The van der Waals surface area contributed by atoms with E-state index in [4.69, 9.17) is 4.74 Å². The van der Waals surface area contributed by atoms with Gasteiger partial charge in [-0.3, -0.25) is 0 Å². The number of halogens is 1. The second-order valence-electron chi connectivity index (χ2n) is 1.44. The molecular formula is C6H11BrO. The zero-order valence-corrected chi connectivity index (χ0v) is 6.65. The van der Waals surface area contributed by atoms with Crippen molar-refractivity contribution in [1.82, 2.24) is 0 Å². The minimum absolute atomic E-state index is 0.721. The number of ether oxygens (including phenoxy) is 1. The molecule has 0 radical (unpaired) electrons. The summed E-state index contributed by atoms with van der Waals surface area (Å²) in [5.41, 5.74) is 0. The molecule has 0 unspecified atom stereocenters. The molecule has 0 rings (SSSR count). The van der Waals surface area contributed by atoms with Crippen LogP contribution in [0.3, 0.4) is 0 Å². The van der Waals surface area contributed by atoms with Gasteiger partial charge in [-0.05, 0) is 11.4 Å². The Bertz CT molecular complexity index is 61.5. The van der Waals surface area contributed by atoms with Crippen molar-refractivity contribution in [3.05, 3.63) is 11.1 Å². The van der Waals surface area contributed by atoms with E-state index < -0.39 is 0 Å². The average Bonchev–Trinajstić information content (AvgIpc) is 1.81. The Morgan fingerprint density at radius 1 is 1.62 bits per heavy atom. The van der Waals surface area contributed by atoms with Crippen molar-refractivity contribution in [1.29, 1.82) is 0 Å². The van der Waals surface area contributed by atoms with Crippen LogP contribution in [0.15, 0.2) is 11.1 Å². The average molecular weight is 179 g/mol. The van der Waals surface area contributed by atoms with E-state index in [0.717, 1.165) is 19.6 Å².